The molecule has 0 atom stereocenters. The molecule has 0 aromatic carbocycles. The Hall–Kier alpha value is -0.530. The molecular weight excluding hydrogens is 274 g/mol. The van der Waals surface area contributed by atoms with Gasteiger partial charge in [-0.15, -0.1) is 0 Å². The van der Waals surface area contributed by atoms with E-state index in [2.05, 4.69) is 0 Å². The third-order valence-electron chi connectivity index (χ3n) is 1.76. The average molecular weight is 309 g/mol. The van der Waals surface area contributed by atoms with Crippen LogP contribution < -0.4 is 5.73 Å². The second-order valence-electron chi connectivity index (χ2n) is 3.19. The van der Waals surface area contributed by atoms with Crippen molar-refractivity contribution >= 4 is 6.29 Å². The SMILES string of the molecule is CC.CC.NCCOCCOCCOCCOCCC=O. The van der Waals surface area contributed by atoms with Gasteiger partial charge in [-0.3, -0.25) is 0 Å². The maximum Gasteiger partial charge on any atom is 0.122 e. The molecule has 0 unspecified atom stereocenters. The van der Waals surface area contributed by atoms with Crippen molar-refractivity contribution in [3.63, 3.8) is 0 Å². The number of rotatable bonds is 14. The smallest absolute Gasteiger partial charge is 0.122 e. The van der Waals surface area contributed by atoms with Crippen LogP contribution in [0.25, 0.3) is 0 Å². The lowest BCUT2D eigenvalue weighted by molar-refractivity contribution is -0.108. The molecular formula is C15H35NO5. The highest BCUT2D eigenvalue weighted by Gasteiger charge is 1.92. The summed E-state index contributed by atoms with van der Waals surface area (Å²) < 4.78 is 20.7. The summed E-state index contributed by atoms with van der Waals surface area (Å²) in [5, 5.41) is 0. The molecule has 0 bridgehead atoms. The molecule has 21 heavy (non-hydrogen) atoms. The Morgan fingerprint density at radius 2 is 1.00 bits per heavy atom. The van der Waals surface area contributed by atoms with E-state index in [0.29, 0.717) is 65.8 Å². The molecule has 0 aliphatic heterocycles. The molecule has 0 fully saturated rings. The number of carbonyl (C=O) groups excluding carboxylic acids is 1. The van der Waals surface area contributed by atoms with Crippen LogP contribution >= 0.6 is 0 Å². The quantitative estimate of drug-likeness (QED) is 0.388. The topological polar surface area (TPSA) is 80.0 Å². The summed E-state index contributed by atoms with van der Waals surface area (Å²) >= 11 is 0. The van der Waals surface area contributed by atoms with Crippen LogP contribution in [0.4, 0.5) is 0 Å². The van der Waals surface area contributed by atoms with Crippen molar-refractivity contribution in [3.05, 3.63) is 0 Å². The minimum absolute atomic E-state index is 0.436. The van der Waals surface area contributed by atoms with Gasteiger partial charge < -0.3 is 29.5 Å². The summed E-state index contributed by atoms with van der Waals surface area (Å²) in [5.74, 6) is 0. The van der Waals surface area contributed by atoms with Crippen molar-refractivity contribution in [2.45, 2.75) is 34.1 Å². The van der Waals surface area contributed by atoms with Crippen molar-refractivity contribution in [2.75, 3.05) is 59.4 Å². The molecule has 0 radical (unpaired) electrons. The fourth-order valence-corrected chi connectivity index (χ4v) is 0.977. The zero-order valence-electron chi connectivity index (χ0n) is 14.3. The monoisotopic (exact) mass is 309 g/mol. The Morgan fingerprint density at radius 3 is 1.33 bits per heavy atom. The van der Waals surface area contributed by atoms with E-state index < -0.39 is 0 Å². The van der Waals surface area contributed by atoms with Crippen molar-refractivity contribution in [1.29, 1.82) is 0 Å². The van der Waals surface area contributed by atoms with Gasteiger partial charge in [0.05, 0.1) is 52.9 Å². The van der Waals surface area contributed by atoms with Crippen LogP contribution in [0.15, 0.2) is 0 Å². The molecule has 0 spiro atoms. The summed E-state index contributed by atoms with van der Waals surface area (Å²) in [6.07, 6.45) is 1.27. The number of aldehydes is 1. The standard InChI is InChI=1S/C11H23NO5.2C2H6/c12-2-5-15-7-9-17-11-10-16-8-6-14-4-1-3-13;2*1-2/h3H,1-2,4-12H2;2*1-2H3. The third kappa shape index (κ3) is 32.8. The van der Waals surface area contributed by atoms with Crippen molar-refractivity contribution in [2.24, 2.45) is 5.73 Å². The van der Waals surface area contributed by atoms with Gasteiger partial charge in [0.1, 0.15) is 6.29 Å². The highest BCUT2D eigenvalue weighted by Crippen LogP contribution is 1.83. The van der Waals surface area contributed by atoms with Crippen LogP contribution in [-0.4, -0.2) is 65.7 Å². The lowest BCUT2D eigenvalue weighted by atomic mass is 10.5. The van der Waals surface area contributed by atoms with E-state index in [-0.39, 0.29) is 0 Å². The molecule has 0 aromatic rings. The number of carbonyl (C=O) groups is 1. The average Bonchev–Trinajstić information content (AvgIpc) is 2.56. The van der Waals surface area contributed by atoms with Crippen LogP contribution in [0, 0.1) is 0 Å². The van der Waals surface area contributed by atoms with Crippen molar-refractivity contribution in [3.8, 4) is 0 Å². The number of hydrogen-bond acceptors (Lipinski definition) is 6. The molecule has 6 heteroatoms. The molecule has 0 amide bonds. The Balaban J connectivity index is -0.000000739. The summed E-state index contributed by atoms with van der Waals surface area (Å²) in [6.45, 7) is 12.8. The van der Waals surface area contributed by atoms with Crippen molar-refractivity contribution < 1.29 is 23.7 Å². The molecule has 0 aliphatic carbocycles. The van der Waals surface area contributed by atoms with Crippen LogP contribution in [0.1, 0.15) is 34.1 Å². The van der Waals surface area contributed by atoms with Gasteiger partial charge in [0, 0.05) is 13.0 Å². The highest BCUT2D eigenvalue weighted by molar-refractivity contribution is 5.49. The van der Waals surface area contributed by atoms with E-state index in [1.54, 1.807) is 0 Å². The van der Waals surface area contributed by atoms with Crippen LogP contribution in [0.5, 0.6) is 0 Å². The van der Waals surface area contributed by atoms with Gasteiger partial charge in [0.25, 0.3) is 0 Å². The minimum atomic E-state index is 0.436. The predicted molar refractivity (Wildman–Crippen MR) is 85.7 cm³/mol. The van der Waals surface area contributed by atoms with Crippen LogP contribution in [-0.2, 0) is 23.7 Å². The van der Waals surface area contributed by atoms with Gasteiger partial charge in [-0.25, -0.2) is 0 Å². The molecule has 0 aliphatic rings. The van der Waals surface area contributed by atoms with E-state index in [1.165, 1.54) is 0 Å². The Bertz CT molecular complexity index is 159. The largest absolute Gasteiger partial charge is 0.379 e. The Kier molecular flexibility index (Phi) is 38.4. The highest BCUT2D eigenvalue weighted by atomic mass is 16.6. The lowest BCUT2D eigenvalue weighted by Crippen LogP contribution is -2.14. The molecule has 0 rings (SSSR count). The number of ether oxygens (including phenoxy) is 4. The van der Waals surface area contributed by atoms with Gasteiger partial charge in [-0.2, -0.15) is 0 Å². The van der Waals surface area contributed by atoms with E-state index >= 15 is 0 Å². The van der Waals surface area contributed by atoms with E-state index in [0.717, 1.165) is 6.29 Å². The normalized spacial score (nSPS) is 9.19. The Labute approximate surface area is 130 Å². The first-order valence-electron chi connectivity index (χ1n) is 7.86. The van der Waals surface area contributed by atoms with E-state index in [9.17, 15) is 4.79 Å². The van der Waals surface area contributed by atoms with Gasteiger partial charge >= 0.3 is 0 Å². The lowest BCUT2D eigenvalue weighted by Gasteiger charge is -2.06. The molecule has 6 nitrogen and oxygen atoms in total. The maximum absolute atomic E-state index is 9.96. The second kappa shape index (κ2) is 31.7. The minimum Gasteiger partial charge on any atom is -0.379 e. The van der Waals surface area contributed by atoms with Gasteiger partial charge in [-0.1, -0.05) is 27.7 Å². The number of hydrogen-bond donors (Lipinski definition) is 1. The van der Waals surface area contributed by atoms with Crippen LogP contribution in [0.3, 0.4) is 0 Å². The molecule has 0 saturated heterocycles. The summed E-state index contributed by atoms with van der Waals surface area (Å²) in [5.41, 5.74) is 5.25. The van der Waals surface area contributed by atoms with Gasteiger partial charge in [0.15, 0.2) is 0 Å². The first-order chi connectivity index (χ1) is 10.4. The van der Waals surface area contributed by atoms with Gasteiger partial charge in [-0.05, 0) is 0 Å². The molecule has 0 saturated carbocycles. The number of nitrogens with two attached hydrogens (primary N) is 1. The zero-order valence-corrected chi connectivity index (χ0v) is 14.3. The zero-order chi connectivity index (χ0) is 16.6. The van der Waals surface area contributed by atoms with Gasteiger partial charge in [0.2, 0.25) is 0 Å². The third-order valence-corrected chi connectivity index (χ3v) is 1.76. The first kappa shape index (κ1) is 25.4. The fraction of sp³-hybridized carbons (Fsp3) is 0.933. The Morgan fingerprint density at radius 1 is 0.667 bits per heavy atom. The van der Waals surface area contributed by atoms with E-state index in [1.807, 2.05) is 27.7 Å². The summed E-state index contributed by atoms with van der Waals surface area (Å²) in [6, 6.07) is 0. The molecule has 2 N–H and O–H groups in total. The maximum atomic E-state index is 9.96. The van der Waals surface area contributed by atoms with E-state index in [4.69, 9.17) is 24.7 Å². The second-order valence-corrected chi connectivity index (χ2v) is 3.19. The first-order valence-corrected chi connectivity index (χ1v) is 7.86. The summed E-state index contributed by atoms with van der Waals surface area (Å²) in [4.78, 5) is 9.96. The molecule has 130 valence electrons. The molecule has 0 aromatic heterocycles. The predicted octanol–water partition coefficient (Wildman–Crippen LogP) is 1.65. The summed E-state index contributed by atoms with van der Waals surface area (Å²) in [7, 11) is 0. The van der Waals surface area contributed by atoms with Crippen molar-refractivity contribution in [1.82, 2.24) is 0 Å². The van der Waals surface area contributed by atoms with Crippen LogP contribution in [0.2, 0.25) is 0 Å². The fourth-order valence-electron chi connectivity index (χ4n) is 0.977. The molecule has 0 heterocycles.